The monoisotopic (exact) mass is 293 g/mol. The molecular formula is C9H9Cl2N3O2S. The summed E-state index contributed by atoms with van der Waals surface area (Å²) in [6.45, 7) is 0. The zero-order chi connectivity index (χ0) is 13.0. The molecule has 8 heteroatoms. The number of carbonyl (C=O) groups is 1. The van der Waals surface area contributed by atoms with E-state index < -0.39 is 6.09 Å². The van der Waals surface area contributed by atoms with Gasteiger partial charge < -0.3 is 15.8 Å². The molecule has 1 aromatic rings. The number of carbonyl (C=O) groups excluding carboxylic acids is 1. The van der Waals surface area contributed by atoms with Gasteiger partial charge in [-0.05, 0) is 24.4 Å². The number of thiocarbonyl (C=S) groups is 1. The van der Waals surface area contributed by atoms with Crippen LogP contribution < -0.4 is 16.4 Å². The molecule has 0 fully saturated rings. The van der Waals surface area contributed by atoms with Crippen molar-refractivity contribution >= 4 is 58.0 Å². The smallest absolute Gasteiger partial charge is 0.413 e. The first-order chi connectivity index (χ1) is 7.93. The average Bonchev–Trinajstić information content (AvgIpc) is 2.25. The summed E-state index contributed by atoms with van der Waals surface area (Å²) >= 11 is 16.4. The number of ether oxygens (including phenoxy) is 1. The van der Waals surface area contributed by atoms with Crippen LogP contribution in [0.4, 0.5) is 16.2 Å². The summed E-state index contributed by atoms with van der Waals surface area (Å²) < 4.78 is 4.38. The van der Waals surface area contributed by atoms with E-state index in [9.17, 15) is 4.79 Å². The summed E-state index contributed by atoms with van der Waals surface area (Å²) in [6, 6.07) is 2.98. The third-order valence-corrected chi connectivity index (χ3v) is 2.67. The topological polar surface area (TPSA) is 76.4 Å². The number of benzene rings is 1. The maximum Gasteiger partial charge on any atom is 0.413 e. The Bertz CT molecular complexity index is 468. The minimum Gasteiger partial charge on any atom is -0.453 e. The molecule has 92 valence electrons. The van der Waals surface area contributed by atoms with Gasteiger partial charge in [-0.2, -0.15) is 0 Å². The van der Waals surface area contributed by atoms with E-state index in [0.717, 1.165) is 0 Å². The Labute approximate surface area is 113 Å². The largest absolute Gasteiger partial charge is 0.453 e. The normalized spacial score (nSPS) is 9.59. The molecule has 0 saturated heterocycles. The van der Waals surface area contributed by atoms with Gasteiger partial charge >= 0.3 is 6.09 Å². The highest BCUT2D eigenvalue weighted by Gasteiger charge is 2.08. The number of nitrogens with one attached hydrogen (secondary N) is 2. The SMILES string of the molecule is COC(=O)NC(=S)Nc1cc(Cl)c(Cl)cc1N. The molecule has 0 aliphatic carbocycles. The van der Waals surface area contributed by atoms with Crippen LogP contribution in [0.2, 0.25) is 10.0 Å². The van der Waals surface area contributed by atoms with Crippen molar-refractivity contribution in [2.45, 2.75) is 0 Å². The first-order valence-corrected chi connectivity index (χ1v) is 5.51. The van der Waals surface area contributed by atoms with Crippen molar-refractivity contribution in [2.75, 3.05) is 18.2 Å². The van der Waals surface area contributed by atoms with Gasteiger partial charge in [0.15, 0.2) is 5.11 Å². The van der Waals surface area contributed by atoms with E-state index in [-0.39, 0.29) is 5.11 Å². The molecule has 1 aromatic carbocycles. The maximum absolute atomic E-state index is 10.9. The lowest BCUT2D eigenvalue weighted by atomic mass is 10.2. The highest BCUT2D eigenvalue weighted by atomic mass is 35.5. The van der Waals surface area contributed by atoms with E-state index in [2.05, 4.69) is 15.4 Å². The van der Waals surface area contributed by atoms with Gasteiger partial charge in [0, 0.05) is 0 Å². The molecule has 4 N–H and O–H groups in total. The fraction of sp³-hybridized carbons (Fsp3) is 0.111. The second kappa shape index (κ2) is 5.90. The van der Waals surface area contributed by atoms with Crippen LogP contribution in [0.5, 0.6) is 0 Å². The molecule has 5 nitrogen and oxygen atoms in total. The summed E-state index contributed by atoms with van der Waals surface area (Å²) in [5.41, 5.74) is 6.49. The summed E-state index contributed by atoms with van der Waals surface area (Å²) in [5.74, 6) is 0. The van der Waals surface area contributed by atoms with Crippen molar-refractivity contribution in [1.82, 2.24) is 5.32 Å². The lowest BCUT2D eigenvalue weighted by Gasteiger charge is -2.11. The minimum atomic E-state index is -0.680. The number of hydrogen-bond donors (Lipinski definition) is 3. The second-order valence-electron chi connectivity index (χ2n) is 2.92. The Balaban J connectivity index is 2.78. The Hall–Kier alpha value is -1.24. The fourth-order valence-corrected chi connectivity index (χ4v) is 1.50. The predicted molar refractivity (Wildman–Crippen MR) is 72.6 cm³/mol. The number of amides is 1. The van der Waals surface area contributed by atoms with Gasteiger partial charge in [0.05, 0.1) is 28.5 Å². The van der Waals surface area contributed by atoms with E-state index in [1.165, 1.54) is 19.2 Å². The number of nitrogens with two attached hydrogens (primary N) is 1. The van der Waals surface area contributed by atoms with Gasteiger partial charge in [-0.1, -0.05) is 23.2 Å². The van der Waals surface area contributed by atoms with Gasteiger partial charge in [-0.3, -0.25) is 5.32 Å². The minimum absolute atomic E-state index is 0.0435. The van der Waals surface area contributed by atoms with E-state index in [4.69, 9.17) is 41.2 Å². The molecule has 17 heavy (non-hydrogen) atoms. The molecule has 1 rings (SSSR count). The van der Waals surface area contributed by atoms with Gasteiger partial charge in [0.1, 0.15) is 0 Å². The Morgan fingerprint density at radius 3 is 2.59 bits per heavy atom. The molecule has 0 aliphatic heterocycles. The molecular weight excluding hydrogens is 285 g/mol. The number of alkyl carbamates (subject to hydrolysis) is 1. The zero-order valence-corrected chi connectivity index (χ0v) is 11.0. The van der Waals surface area contributed by atoms with Crippen LogP contribution in [0.1, 0.15) is 0 Å². The fourth-order valence-electron chi connectivity index (χ4n) is 0.968. The molecule has 0 aromatic heterocycles. The van der Waals surface area contributed by atoms with E-state index >= 15 is 0 Å². The quantitative estimate of drug-likeness (QED) is 0.548. The Morgan fingerprint density at radius 1 is 1.41 bits per heavy atom. The molecule has 0 bridgehead atoms. The highest BCUT2D eigenvalue weighted by Crippen LogP contribution is 2.30. The van der Waals surface area contributed by atoms with Crippen LogP contribution in [0.3, 0.4) is 0 Å². The van der Waals surface area contributed by atoms with Gasteiger partial charge in [0.25, 0.3) is 0 Å². The van der Waals surface area contributed by atoms with Gasteiger partial charge in [0.2, 0.25) is 0 Å². The van der Waals surface area contributed by atoms with Crippen molar-refractivity contribution in [3.8, 4) is 0 Å². The van der Waals surface area contributed by atoms with Gasteiger partial charge in [-0.15, -0.1) is 0 Å². The Morgan fingerprint density at radius 2 is 2.00 bits per heavy atom. The summed E-state index contributed by atoms with van der Waals surface area (Å²) in [7, 11) is 1.23. The molecule has 0 heterocycles. The predicted octanol–water partition coefficient (Wildman–Crippen LogP) is 2.63. The summed E-state index contributed by atoms with van der Waals surface area (Å²) in [5, 5.41) is 5.66. The molecule has 0 aliphatic rings. The van der Waals surface area contributed by atoms with Crippen molar-refractivity contribution < 1.29 is 9.53 Å². The standard InChI is InChI=1S/C9H9Cl2N3O2S/c1-16-9(15)14-8(17)13-7-3-5(11)4(10)2-6(7)12/h2-3H,12H2,1H3,(H2,13,14,15,17). The number of nitrogen functional groups attached to an aromatic ring is 1. The number of rotatable bonds is 1. The number of halogens is 2. The average molecular weight is 294 g/mol. The molecule has 0 radical (unpaired) electrons. The third-order valence-electron chi connectivity index (χ3n) is 1.74. The van der Waals surface area contributed by atoms with E-state index in [0.29, 0.717) is 21.4 Å². The number of hydrogen-bond acceptors (Lipinski definition) is 4. The lowest BCUT2D eigenvalue weighted by molar-refractivity contribution is 0.177. The highest BCUT2D eigenvalue weighted by molar-refractivity contribution is 7.80. The molecule has 0 spiro atoms. The summed E-state index contributed by atoms with van der Waals surface area (Å²) in [6.07, 6.45) is -0.680. The third kappa shape index (κ3) is 3.92. The zero-order valence-electron chi connectivity index (χ0n) is 8.71. The van der Waals surface area contributed by atoms with Crippen molar-refractivity contribution in [3.63, 3.8) is 0 Å². The van der Waals surface area contributed by atoms with Crippen LogP contribution in [0.15, 0.2) is 12.1 Å². The lowest BCUT2D eigenvalue weighted by Crippen LogP contribution is -2.34. The van der Waals surface area contributed by atoms with Crippen LogP contribution in [0, 0.1) is 0 Å². The second-order valence-corrected chi connectivity index (χ2v) is 4.15. The van der Waals surface area contributed by atoms with Crippen molar-refractivity contribution in [2.24, 2.45) is 0 Å². The van der Waals surface area contributed by atoms with E-state index in [1.807, 2.05) is 0 Å². The molecule has 0 atom stereocenters. The van der Waals surface area contributed by atoms with Crippen molar-refractivity contribution in [3.05, 3.63) is 22.2 Å². The maximum atomic E-state index is 10.9. The number of methoxy groups -OCH3 is 1. The first kappa shape index (κ1) is 13.8. The van der Waals surface area contributed by atoms with Crippen molar-refractivity contribution in [1.29, 1.82) is 0 Å². The molecule has 1 amide bonds. The van der Waals surface area contributed by atoms with Crippen LogP contribution in [0.25, 0.3) is 0 Å². The van der Waals surface area contributed by atoms with Crippen LogP contribution in [-0.2, 0) is 4.74 Å². The molecule has 0 unspecified atom stereocenters. The van der Waals surface area contributed by atoms with Crippen LogP contribution in [-0.4, -0.2) is 18.3 Å². The Kier molecular flexibility index (Phi) is 4.80. The first-order valence-electron chi connectivity index (χ1n) is 4.34. The van der Waals surface area contributed by atoms with Gasteiger partial charge in [-0.25, -0.2) is 4.79 Å². The number of anilines is 2. The summed E-state index contributed by atoms with van der Waals surface area (Å²) in [4.78, 5) is 10.9. The van der Waals surface area contributed by atoms with Crippen LogP contribution >= 0.6 is 35.4 Å². The molecule has 0 saturated carbocycles. The van der Waals surface area contributed by atoms with E-state index in [1.54, 1.807) is 0 Å².